The van der Waals surface area contributed by atoms with Crippen LogP contribution in [0.2, 0.25) is 0 Å². The van der Waals surface area contributed by atoms with E-state index in [0.717, 1.165) is 5.56 Å². The summed E-state index contributed by atoms with van der Waals surface area (Å²) in [4.78, 5) is 22.7. The average Bonchev–Trinajstić information content (AvgIpc) is 2.33. The van der Waals surface area contributed by atoms with Crippen molar-refractivity contribution in [2.75, 3.05) is 0 Å². The molecule has 1 aromatic rings. The van der Waals surface area contributed by atoms with Gasteiger partial charge in [-0.2, -0.15) is 0 Å². The van der Waals surface area contributed by atoms with E-state index in [2.05, 4.69) is 0 Å². The number of ether oxygens (including phenoxy) is 1. The Hall–Kier alpha value is -1.64. The van der Waals surface area contributed by atoms with Crippen LogP contribution in [0.4, 0.5) is 0 Å². The van der Waals surface area contributed by atoms with Crippen LogP contribution in [-0.2, 0) is 20.7 Å². The van der Waals surface area contributed by atoms with E-state index in [1.807, 2.05) is 30.3 Å². The number of hydrogen-bond donors (Lipinski definition) is 0. The van der Waals surface area contributed by atoms with Gasteiger partial charge in [0.05, 0.1) is 6.42 Å². The highest BCUT2D eigenvalue weighted by Crippen LogP contribution is 2.18. The maximum Gasteiger partial charge on any atom is 0.310 e. The van der Waals surface area contributed by atoms with Gasteiger partial charge in [0.1, 0.15) is 11.9 Å². The molecule has 0 unspecified atom stereocenters. The van der Waals surface area contributed by atoms with Crippen molar-refractivity contribution >= 4 is 11.8 Å². The molecular weight excluding hydrogens is 216 g/mol. The van der Waals surface area contributed by atoms with Gasteiger partial charge in [-0.15, -0.1) is 0 Å². The highest BCUT2D eigenvalue weighted by Gasteiger charge is 2.21. The maximum absolute atomic E-state index is 11.7. The SMILES string of the molecule is O=C1CCC(OC(=O)Cc2ccccc2)CC1. The van der Waals surface area contributed by atoms with Gasteiger partial charge in [0.15, 0.2) is 0 Å². The number of carbonyl (C=O) groups excluding carboxylic acids is 2. The maximum atomic E-state index is 11.7. The van der Waals surface area contributed by atoms with Gasteiger partial charge < -0.3 is 4.74 Å². The second-order valence-corrected chi connectivity index (χ2v) is 4.39. The topological polar surface area (TPSA) is 43.4 Å². The Morgan fingerprint density at radius 3 is 2.47 bits per heavy atom. The van der Waals surface area contributed by atoms with E-state index < -0.39 is 0 Å². The standard InChI is InChI=1S/C14H16O3/c15-12-6-8-13(9-7-12)17-14(16)10-11-4-2-1-3-5-11/h1-5,13H,6-10H2. The summed E-state index contributed by atoms with van der Waals surface area (Å²) in [5.74, 6) is 0.0795. The Labute approximate surface area is 101 Å². The zero-order chi connectivity index (χ0) is 12.1. The Balaban J connectivity index is 1.80. The molecule has 0 bridgehead atoms. The third-order valence-corrected chi connectivity index (χ3v) is 2.98. The quantitative estimate of drug-likeness (QED) is 0.751. The highest BCUT2D eigenvalue weighted by atomic mass is 16.5. The first kappa shape index (κ1) is 11.8. The van der Waals surface area contributed by atoms with E-state index in [-0.39, 0.29) is 17.9 Å². The first-order chi connectivity index (χ1) is 8.24. The predicted octanol–water partition coefficient (Wildman–Crippen LogP) is 2.28. The van der Waals surface area contributed by atoms with Crippen LogP contribution in [0.5, 0.6) is 0 Å². The Bertz CT molecular complexity index is 387. The van der Waals surface area contributed by atoms with E-state index >= 15 is 0 Å². The lowest BCUT2D eigenvalue weighted by atomic mass is 9.96. The molecule has 1 fully saturated rings. The van der Waals surface area contributed by atoms with Crippen LogP contribution in [0.1, 0.15) is 31.2 Å². The molecule has 0 aromatic heterocycles. The van der Waals surface area contributed by atoms with E-state index in [4.69, 9.17) is 4.74 Å². The fourth-order valence-electron chi connectivity index (χ4n) is 2.02. The molecule has 0 atom stereocenters. The average molecular weight is 232 g/mol. The van der Waals surface area contributed by atoms with Crippen molar-refractivity contribution in [1.29, 1.82) is 0 Å². The monoisotopic (exact) mass is 232 g/mol. The summed E-state index contributed by atoms with van der Waals surface area (Å²) in [6.45, 7) is 0. The van der Waals surface area contributed by atoms with Crippen molar-refractivity contribution in [1.82, 2.24) is 0 Å². The molecule has 90 valence electrons. The molecule has 3 nitrogen and oxygen atoms in total. The fourth-order valence-corrected chi connectivity index (χ4v) is 2.02. The number of Topliss-reactive ketones (excluding diaryl/α,β-unsaturated/α-hetero) is 1. The van der Waals surface area contributed by atoms with E-state index in [0.29, 0.717) is 32.1 Å². The molecule has 2 rings (SSSR count). The Morgan fingerprint density at radius 1 is 1.18 bits per heavy atom. The molecule has 0 aliphatic heterocycles. The van der Waals surface area contributed by atoms with Crippen LogP contribution < -0.4 is 0 Å². The summed E-state index contributed by atoms with van der Waals surface area (Å²) >= 11 is 0. The normalized spacial score (nSPS) is 16.8. The minimum atomic E-state index is -0.199. The third-order valence-electron chi connectivity index (χ3n) is 2.98. The van der Waals surface area contributed by atoms with Gasteiger partial charge >= 0.3 is 5.97 Å². The van der Waals surface area contributed by atoms with Gasteiger partial charge in [-0.25, -0.2) is 0 Å². The molecule has 1 aromatic carbocycles. The van der Waals surface area contributed by atoms with Gasteiger partial charge in [-0.3, -0.25) is 9.59 Å². The third kappa shape index (κ3) is 3.70. The molecule has 0 saturated heterocycles. The molecule has 0 amide bonds. The fraction of sp³-hybridized carbons (Fsp3) is 0.429. The molecule has 1 saturated carbocycles. The van der Waals surface area contributed by atoms with Crippen molar-refractivity contribution in [2.24, 2.45) is 0 Å². The van der Waals surface area contributed by atoms with Gasteiger partial charge in [0.2, 0.25) is 0 Å². The number of ketones is 1. The lowest BCUT2D eigenvalue weighted by molar-refractivity contribution is -0.151. The van der Waals surface area contributed by atoms with E-state index in [1.54, 1.807) is 0 Å². The zero-order valence-corrected chi connectivity index (χ0v) is 9.72. The van der Waals surface area contributed by atoms with Crippen molar-refractivity contribution in [3.05, 3.63) is 35.9 Å². The van der Waals surface area contributed by atoms with Crippen LogP contribution in [0.3, 0.4) is 0 Å². The first-order valence-corrected chi connectivity index (χ1v) is 5.99. The summed E-state index contributed by atoms with van der Waals surface area (Å²) in [5.41, 5.74) is 0.962. The largest absolute Gasteiger partial charge is 0.462 e. The molecule has 0 heterocycles. The summed E-state index contributed by atoms with van der Waals surface area (Å²) < 4.78 is 5.35. The molecule has 17 heavy (non-hydrogen) atoms. The first-order valence-electron chi connectivity index (χ1n) is 5.99. The summed E-state index contributed by atoms with van der Waals surface area (Å²) in [6, 6.07) is 9.54. The van der Waals surface area contributed by atoms with E-state index in [9.17, 15) is 9.59 Å². The predicted molar refractivity (Wildman–Crippen MR) is 63.5 cm³/mol. The van der Waals surface area contributed by atoms with Gasteiger partial charge in [0.25, 0.3) is 0 Å². The van der Waals surface area contributed by atoms with Crippen molar-refractivity contribution in [2.45, 2.75) is 38.2 Å². The Morgan fingerprint density at radius 2 is 1.82 bits per heavy atom. The number of carbonyl (C=O) groups is 2. The minimum absolute atomic E-state index is 0.0658. The van der Waals surface area contributed by atoms with Crippen LogP contribution in [-0.4, -0.2) is 17.9 Å². The van der Waals surface area contributed by atoms with E-state index in [1.165, 1.54) is 0 Å². The van der Waals surface area contributed by atoms with Crippen LogP contribution in [0, 0.1) is 0 Å². The molecule has 0 spiro atoms. The number of rotatable bonds is 3. The molecular formula is C14H16O3. The highest BCUT2D eigenvalue weighted by molar-refractivity contribution is 5.79. The molecule has 0 radical (unpaired) electrons. The summed E-state index contributed by atoms with van der Waals surface area (Å²) in [7, 11) is 0. The number of benzene rings is 1. The second-order valence-electron chi connectivity index (χ2n) is 4.39. The van der Waals surface area contributed by atoms with Gasteiger partial charge in [-0.05, 0) is 18.4 Å². The molecule has 1 aliphatic rings. The molecule has 1 aliphatic carbocycles. The van der Waals surface area contributed by atoms with Gasteiger partial charge in [0, 0.05) is 12.8 Å². The van der Waals surface area contributed by atoms with Crippen LogP contribution >= 0.6 is 0 Å². The lowest BCUT2D eigenvalue weighted by Crippen LogP contribution is -2.25. The number of hydrogen-bond acceptors (Lipinski definition) is 3. The van der Waals surface area contributed by atoms with Gasteiger partial charge in [-0.1, -0.05) is 30.3 Å². The van der Waals surface area contributed by atoms with Crippen LogP contribution in [0.15, 0.2) is 30.3 Å². The molecule has 3 heteroatoms. The van der Waals surface area contributed by atoms with Crippen molar-refractivity contribution in [3.63, 3.8) is 0 Å². The summed E-state index contributed by atoms with van der Waals surface area (Å²) in [6.07, 6.45) is 2.69. The molecule has 0 N–H and O–H groups in total. The zero-order valence-electron chi connectivity index (χ0n) is 9.72. The summed E-state index contributed by atoms with van der Waals surface area (Å²) in [5, 5.41) is 0. The smallest absolute Gasteiger partial charge is 0.310 e. The minimum Gasteiger partial charge on any atom is -0.462 e. The van der Waals surface area contributed by atoms with Crippen LogP contribution in [0.25, 0.3) is 0 Å². The second kappa shape index (κ2) is 5.62. The lowest BCUT2D eigenvalue weighted by Gasteiger charge is -2.21. The van der Waals surface area contributed by atoms with Crippen molar-refractivity contribution < 1.29 is 14.3 Å². The van der Waals surface area contributed by atoms with Crippen molar-refractivity contribution in [3.8, 4) is 0 Å². The number of esters is 1. The Kier molecular flexibility index (Phi) is 3.91.